The number of fused-ring (bicyclic) bond motifs is 1. The monoisotopic (exact) mass is 396 g/mol. The lowest BCUT2D eigenvalue weighted by atomic mass is 9.57. The molecule has 1 aliphatic carbocycles. The Morgan fingerprint density at radius 1 is 1.07 bits per heavy atom. The molecule has 150 valence electrons. The van der Waals surface area contributed by atoms with Crippen molar-refractivity contribution in [2.75, 3.05) is 11.9 Å². The minimum absolute atomic E-state index is 0.0125. The van der Waals surface area contributed by atoms with Crippen LogP contribution in [-0.4, -0.2) is 24.8 Å². The van der Waals surface area contributed by atoms with Crippen molar-refractivity contribution >= 4 is 11.7 Å². The number of urea groups is 1. The maximum Gasteiger partial charge on any atom is 0.416 e. The molecule has 2 fully saturated rings. The zero-order valence-corrected chi connectivity index (χ0v) is 14.5. The zero-order chi connectivity index (χ0) is 20.2. The van der Waals surface area contributed by atoms with Crippen LogP contribution in [-0.2, 0) is 17.1 Å². The third kappa shape index (κ3) is 3.71. The Kier molecular flexibility index (Phi) is 4.61. The molecule has 4 nitrogen and oxygen atoms in total. The van der Waals surface area contributed by atoms with Crippen molar-refractivity contribution in [2.45, 2.75) is 44.8 Å². The molecule has 0 radical (unpaired) electrons. The van der Waals surface area contributed by atoms with Crippen LogP contribution < -0.4 is 10.6 Å². The van der Waals surface area contributed by atoms with Crippen LogP contribution in [0.1, 0.15) is 31.4 Å². The summed E-state index contributed by atoms with van der Waals surface area (Å²) in [5.74, 6) is 0.0815. The number of halogens is 6. The lowest BCUT2D eigenvalue weighted by Crippen LogP contribution is -2.67. The molecule has 1 heterocycles. The summed E-state index contributed by atoms with van der Waals surface area (Å²) in [4.78, 5) is 12.2. The summed E-state index contributed by atoms with van der Waals surface area (Å²) in [7, 11) is 0. The molecule has 2 N–H and O–H groups in total. The van der Waals surface area contributed by atoms with Gasteiger partial charge in [-0.3, -0.25) is 0 Å². The maximum atomic E-state index is 12.9. The van der Waals surface area contributed by atoms with Crippen LogP contribution in [0.2, 0.25) is 0 Å². The lowest BCUT2D eigenvalue weighted by Gasteiger charge is -2.54. The highest BCUT2D eigenvalue weighted by Gasteiger charge is 2.59. The van der Waals surface area contributed by atoms with Crippen LogP contribution in [0.5, 0.6) is 0 Å². The van der Waals surface area contributed by atoms with Crippen molar-refractivity contribution in [1.82, 2.24) is 5.32 Å². The molecule has 1 saturated carbocycles. The number of amides is 2. The van der Waals surface area contributed by atoms with E-state index in [1.165, 1.54) is 0 Å². The standard InChI is InChI=1S/C17H18F6N2O2/c1-15(2)12(11-3-4-27-13(11)15)25-14(26)24-10-6-8(16(18,19)20)5-9(7-10)17(21,22)23/h5-7,11-13H,3-4H2,1-2H3,(H2,24,25,26)/t11-,12+,13-/m0/s1. The average molecular weight is 396 g/mol. The largest absolute Gasteiger partial charge is 0.416 e. The Labute approximate surface area is 151 Å². The fourth-order valence-corrected chi connectivity index (χ4v) is 3.95. The van der Waals surface area contributed by atoms with Crippen molar-refractivity contribution in [3.63, 3.8) is 0 Å². The molecule has 0 bridgehead atoms. The summed E-state index contributed by atoms with van der Waals surface area (Å²) in [6, 6.07) is -0.174. The number of anilines is 1. The quantitative estimate of drug-likeness (QED) is 0.715. The van der Waals surface area contributed by atoms with Crippen LogP contribution in [0.15, 0.2) is 18.2 Å². The molecule has 0 aromatic heterocycles. The van der Waals surface area contributed by atoms with Gasteiger partial charge in [0.25, 0.3) is 0 Å². The number of ether oxygens (including phenoxy) is 1. The van der Waals surface area contributed by atoms with Crippen molar-refractivity contribution < 1.29 is 35.9 Å². The normalized spacial score (nSPS) is 26.9. The molecule has 0 unspecified atom stereocenters. The summed E-state index contributed by atoms with van der Waals surface area (Å²) in [6.45, 7) is 4.33. The van der Waals surface area contributed by atoms with Gasteiger partial charge in [0.05, 0.1) is 17.2 Å². The number of carbonyl (C=O) groups excluding carboxylic acids is 1. The van der Waals surface area contributed by atoms with E-state index in [0.717, 1.165) is 6.42 Å². The fourth-order valence-electron chi connectivity index (χ4n) is 3.95. The summed E-state index contributed by atoms with van der Waals surface area (Å²) in [5, 5.41) is 4.74. The first-order valence-electron chi connectivity index (χ1n) is 8.29. The molecule has 10 heteroatoms. The van der Waals surface area contributed by atoms with E-state index < -0.39 is 35.2 Å². The molecule has 1 aromatic carbocycles. The van der Waals surface area contributed by atoms with Gasteiger partial charge in [-0.05, 0) is 24.6 Å². The number of hydrogen-bond acceptors (Lipinski definition) is 2. The second-order valence-corrected chi connectivity index (χ2v) is 7.44. The van der Waals surface area contributed by atoms with Crippen molar-refractivity contribution in [3.05, 3.63) is 29.3 Å². The number of carbonyl (C=O) groups is 1. The number of benzene rings is 1. The number of hydrogen-bond donors (Lipinski definition) is 2. The maximum absolute atomic E-state index is 12.9. The summed E-state index contributed by atoms with van der Waals surface area (Å²) >= 11 is 0. The molecule has 1 aliphatic heterocycles. The predicted molar refractivity (Wildman–Crippen MR) is 84.0 cm³/mol. The van der Waals surface area contributed by atoms with E-state index in [2.05, 4.69) is 10.6 Å². The van der Waals surface area contributed by atoms with Crippen LogP contribution in [0.4, 0.5) is 36.8 Å². The number of rotatable bonds is 2. The second-order valence-electron chi connectivity index (χ2n) is 7.44. The van der Waals surface area contributed by atoms with E-state index in [4.69, 9.17) is 4.74 Å². The van der Waals surface area contributed by atoms with Crippen LogP contribution in [0.3, 0.4) is 0 Å². The SMILES string of the molecule is CC1(C)[C@H](NC(=O)Nc2cc(C(F)(F)F)cc(C(F)(F)F)c2)[C@@H]2CCO[C@@H]21. The van der Waals surface area contributed by atoms with Gasteiger partial charge in [0.15, 0.2) is 0 Å². The van der Waals surface area contributed by atoms with Crippen LogP contribution in [0.25, 0.3) is 0 Å². The highest BCUT2D eigenvalue weighted by atomic mass is 19.4. The third-order valence-electron chi connectivity index (χ3n) is 5.23. The van der Waals surface area contributed by atoms with Crippen molar-refractivity contribution in [2.24, 2.45) is 11.3 Å². The van der Waals surface area contributed by atoms with Crippen molar-refractivity contribution in [3.8, 4) is 0 Å². The third-order valence-corrected chi connectivity index (χ3v) is 5.23. The van der Waals surface area contributed by atoms with Gasteiger partial charge >= 0.3 is 18.4 Å². The first-order valence-corrected chi connectivity index (χ1v) is 8.29. The van der Waals surface area contributed by atoms with Gasteiger partial charge in [0, 0.05) is 29.7 Å². The second kappa shape index (κ2) is 6.29. The van der Waals surface area contributed by atoms with E-state index >= 15 is 0 Å². The summed E-state index contributed by atoms with van der Waals surface area (Å²) in [6.07, 6.45) is -9.23. The first kappa shape index (κ1) is 19.8. The highest BCUT2D eigenvalue weighted by Crippen LogP contribution is 2.52. The van der Waals surface area contributed by atoms with Gasteiger partial charge in [0.2, 0.25) is 0 Å². The Morgan fingerprint density at radius 3 is 2.15 bits per heavy atom. The van der Waals surface area contributed by atoms with Gasteiger partial charge in [-0.15, -0.1) is 0 Å². The Bertz CT molecular complexity index is 712. The van der Waals surface area contributed by atoms with Gasteiger partial charge in [-0.1, -0.05) is 13.8 Å². The molecule has 0 spiro atoms. The summed E-state index contributed by atoms with van der Waals surface area (Å²) < 4.78 is 82.9. The summed E-state index contributed by atoms with van der Waals surface area (Å²) in [5.41, 5.74) is -3.92. The van der Waals surface area contributed by atoms with E-state index in [-0.39, 0.29) is 29.5 Å². The molecule has 2 amide bonds. The minimum Gasteiger partial charge on any atom is -0.377 e. The number of alkyl halides is 6. The number of nitrogens with one attached hydrogen (secondary N) is 2. The Balaban J connectivity index is 1.77. The lowest BCUT2D eigenvalue weighted by molar-refractivity contribution is -0.143. The molecule has 27 heavy (non-hydrogen) atoms. The minimum atomic E-state index is -4.97. The van der Waals surface area contributed by atoms with E-state index in [1.54, 1.807) is 0 Å². The molecule has 3 atom stereocenters. The Morgan fingerprint density at radius 2 is 1.63 bits per heavy atom. The molecular weight excluding hydrogens is 378 g/mol. The van der Waals surface area contributed by atoms with E-state index in [1.807, 2.05) is 13.8 Å². The Hall–Kier alpha value is -1.97. The predicted octanol–water partition coefficient (Wildman–Crippen LogP) is 4.66. The first-order chi connectivity index (χ1) is 12.3. The van der Waals surface area contributed by atoms with E-state index in [0.29, 0.717) is 18.7 Å². The fraction of sp³-hybridized carbons (Fsp3) is 0.588. The average Bonchev–Trinajstić information content (AvgIpc) is 2.98. The highest BCUT2D eigenvalue weighted by molar-refractivity contribution is 5.90. The topological polar surface area (TPSA) is 50.4 Å². The molecule has 3 rings (SSSR count). The smallest absolute Gasteiger partial charge is 0.377 e. The zero-order valence-electron chi connectivity index (χ0n) is 14.5. The molecular formula is C17H18F6N2O2. The molecule has 2 aliphatic rings. The van der Waals surface area contributed by atoms with Gasteiger partial charge < -0.3 is 15.4 Å². The molecule has 1 aromatic rings. The van der Waals surface area contributed by atoms with Gasteiger partial charge in [-0.2, -0.15) is 26.3 Å². The van der Waals surface area contributed by atoms with Crippen molar-refractivity contribution in [1.29, 1.82) is 0 Å². The van der Waals surface area contributed by atoms with Gasteiger partial charge in [0.1, 0.15) is 0 Å². The van der Waals surface area contributed by atoms with E-state index in [9.17, 15) is 31.1 Å². The van der Waals surface area contributed by atoms with Crippen LogP contribution >= 0.6 is 0 Å². The van der Waals surface area contributed by atoms with Gasteiger partial charge in [-0.25, -0.2) is 4.79 Å². The molecule has 1 saturated heterocycles. The van der Waals surface area contributed by atoms with Crippen LogP contribution in [0, 0.1) is 11.3 Å².